The number of nitrogens with one attached hydrogen (secondary N) is 1. The Bertz CT molecular complexity index is 716. The monoisotopic (exact) mass is 388 g/mol. The molecule has 0 radical (unpaired) electrons. The maximum atomic E-state index is 12.3. The second-order valence-corrected chi connectivity index (χ2v) is 9.38. The van der Waals surface area contributed by atoms with Crippen LogP contribution in [0.25, 0.3) is 0 Å². The first kappa shape index (κ1) is 20.0. The SMILES string of the molecule is CC(C)(C)OC(=O)N1CCCC1CNS(=O)(=O)Cc1ccccc1Cl. The standard InChI is InChI=1S/C17H25ClN2O4S/c1-17(2,3)24-16(21)20-10-6-8-14(20)11-19-25(22,23)12-13-7-4-5-9-15(13)18/h4-5,7,9,14,19H,6,8,10-12H2,1-3H3. The molecule has 8 heteroatoms. The summed E-state index contributed by atoms with van der Waals surface area (Å²) in [6, 6.07) is 6.65. The van der Waals surface area contributed by atoms with Crippen LogP contribution in [0, 0.1) is 0 Å². The van der Waals surface area contributed by atoms with Crippen LogP contribution in [0.4, 0.5) is 4.79 Å². The van der Waals surface area contributed by atoms with Crippen molar-refractivity contribution in [2.45, 2.75) is 51.0 Å². The molecular formula is C17H25ClN2O4S. The normalized spacial score (nSPS) is 18.4. The Morgan fingerprint density at radius 3 is 2.68 bits per heavy atom. The Morgan fingerprint density at radius 2 is 2.04 bits per heavy atom. The molecule has 1 fully saturated rings. The number of sulfonamides is 1. The molecule has 0 saturated carbocycles. The molecule has 1 N–H and O–H groups in total. The number of nitrogens with zero attached hydrogens (tertiary/aromatic N) is 1. The molecular weight excluding hydrogens is 364 g/mol. The molecule has 0 bridgehead atoms. The summed E-state index contributed by atoms with van der Waals surface area (Å²) in [7, 11) is -3.54. The third-order valence-electron chi connectivity index (χ3n) is 3.85. The highest BCUT2D eigenvalue weighted by atomic mass is 35.5. The van der Waals surface area contributed by atoms with E-state index in [0.29, 0.717) is 17.1 Å². The molecule has 1 aliphatic heterocycles. The summed E-state index contributed by atoms with van der Waals surface area (Å²) < 4.78 is 32.6. The Kier molecular flexibility index (Phi) is 6.35. The third kappa shape index (κ3) is 6.17. The molecule has 1 heterocycles. The van der Waals surface area contributed by atoms with Crippen molar-refractivity contribution in [3.05, 3.63) is 34.9 Å². The lowest BCUT2D eigenvalue weighted by atomic mass is 10.2. The topological polar surface area (TPSA) is 75.7 Å². The number of carbonyl (C=O) groups excluding carboxylic acids is 1. The number of hydrogen-bond donors (Lipinski definition) is 1. The van der Waals surface area contributed by atoms with Crippen molar-refractivity contribution < 1.29 is 17.9 Å². The molecule has 25 heavy (non-hydrogen) atoms. The highest BCUT2D eigenvalue weighted by Crippen LogP contribution is 2.21. The maximum Gasteiger partial charge on any atom is 0.410 e. The lowest BCUT2D eigenvalue weighted by molar-refractivity contribution is 0.0229. The summed E-state index contributed by atoms with van der Waals surface area (Å²) in [6.07, 6.45) is 1.17. The summed E-state index contributed by atoms with van der Waals surface area (Å²) in [5.41, 5.74) is -0.0274. The molecule has 1 aromatic carbocycles. The van der Waals surface area contributed by atoms with Crippen LogP contribution in [0.2, 0.25) is 5.02 Å². The third-order valence-corrected chi connectivity index (χ3v) is 5.51. The molecule has 0 spiro atoms. The zero-order valence-corrected chi connectivity index (χ0v) is 16.4. The van der Waals surface area contributed by atoms with Gasteiger partial charge in [0.2, 0.25) is 10.0 Å². The Morgan fingerprint density at radius 1 is 1.36 bits per heavy atom. The van der Waals surface area contributed by atoms with Gasteiger partial charge in [0.25, 0.3) is 0 Å². The first-order chi connectivity index (χ1) is 11.6. The van der Waals surface area contributed by atoms with Gasteiger partial charge >= 0.3 is 6.09 Å². The number of likely N-dealkylation sites (tertiary alicyclic amines) is 1. The summed E-state index contributed by atoms with van der Waals surface area (Å²) in [5, 5.41) is 0.420. The van der Waals surface area contributed by atoms with Crippen molar-refractivity contribution in [1.29, 1.82) is 0 Å². The minimum Gasteiger partial charge on any atom is -0.444 e. The number of benzene rings is 1. The fourth-order valence-corrected chi connectivity index (χ4v) is 4.19. The summed E-state index contributed by atoms with van der Waals surface area (Å²) in [6.45, 7) is 6.17. The van der Waals surface area contributed by atoms with Gasteiger partial charge in [-0.3, -0.25) is 0 Å². The van der Waals surface area contributed by atoms with Crippen LogP contribution in [-0.2, 0) is 20.5 Å². The first-order valence-corrected chi connectivity index (χ1v) is 10.3. The molecule has 1 saturated heterocycles. The van der Waals surface area contributed by atoms with Crippen LogP contribution >= 0.6 is 11.6 Å². The van der Waals surface area contributed by atoms with E-state index in [-0.39, 0.29) is 18.3 Å². The molecule has 6 nitrogen and oxygen atoms in total. The molecule has 2 rings (SSSR count). The van der Waals surface area contributed by atoms with Gasteiger partial charge < -0.3 is 9.64 Å². The summed E-state index contributed by atoms with van der Waals surface area (Å²) >= 11 is 6.02. The van der Waals surface area contributed by atoms with Gasteiger partial charge in [0, 0.05) is 24.2 Å². The lowest BCUT2D eigenvalue weighted by Gasteiger charge is -2.28. The van der Waals surface area contributed by atoms with Gasteiger partial charge in [0.1, 0.15) is 5.60 Å². The van der Waals surface area contributed by atoms with Crippen LogP contribution in [0.15, 0.2) is 24.3 Å². The Hall–Kier alpha value is -1.31. The van der Waals surface area contributed by atoms with Crippen LogP contribution in [-0.4, -0.2) is 44.1 Å². The van der Waals surface area contributed by atoms with E-state index in [1.165, 1.54) is 0 Å². The van der Waals surface area contributed by atoms with Crippen LogP contribution in [0.5, 0.6) is 0 Å². The van der Waals surface area contributed by atoms with Crippen molar-refractivity contribution in [1.82, 2.24) is 9.62 Å². The van der Waals surface area contributed by atoms with Crippen molar-refractivity contribution in [2.75, 3.05) is 13.1 Å². The second kappa shape index (κ2) is 7.93. The first-order valence-electron chi connectivity index (χ1n) is 8.28. The number of halogens is 1. The molecule has 140 valence electrons. The zero-order valence-electron chi connectivity index (χ0n) is 14.8. The number of amides is 1. The molecule has 0 aliphatic carbocycles. The average molecular weight is 389 g/mol. The lowest BCUT2D eigenvalue weighted by Crippen LogP contribution is -2.45. The largest absolute Gasteiger partial charge is 0.444 e. The molecule has 1 unspecified atom stereocenters. The van der Waals surface area contributed by atoms with E-state index in [0.717, 1.165) is 12.8 Å². The van der Waals surface area contributed by atoms with Crippen molar-refractivity contribution in [3.8, 4) is 0 Å². The minimum absolute atomic E-state index is 0.173. The van der Waals surface area contributed by atoms with Crippen LogP contribution in [0.1, 0.15) is 39.2 Å². The van der Waals surface area contributed by atoms with E-state index in [1.54, 1.807) is 29.2 Å². The second-order valence-electron chi connectivity index (χ2n) is 7.17. The van der Waals surface area contributed by atoms with Gasteiger partial charge in [-0.05, 0) is 45.2 Å². The fraction of sp³-hybridized carbons (Fsp3) is 0.588. The van der Waals surface area contributed by atoms with Crippen molar-refractivity contribution in [2.24, 2.45) is 0 Å². The van der Waals surface area contributed by atoms with Gasteiger partial charge in [-0.1, -0.05) is 29.8 Å². The smallest absolute Gasteiger partial charge is 0.410 e. The van der Waals surface area contributed by atoms with Gasteiger partial charge in [0.15, 0.2) is 0 Å². The maximum absolute atomic E-state index is 12.3. The van der Waals surface area contributed by atoms with E-state index in [2.05, 4.69) is 4.72 Å². The van der Waals surface area contributed by atoms with E-state index in [4.69, 9.17) is 16.3 Å². The molecule has 1 aromatic rings. The van der Waals surface area contributed by atoms with E-state index in [1.807, 2.05) is 20.8 Å². The van der Waals surface area contributed by atoms with Crippen molar-refractivity contribution >= 4 is 27.7 Å². The van der Waals surface area contributed by atoms with Gasteiger partial charge in [-0.15, -0.1) is 0 Å². The van der Waals surface area contributed by atoms with Crippen LogP contribution < -0.4 is 4.72 Å². The predicted octanol–water partition coefficient (Wildman–Crippen LogP) is 3.16. The van der Waals surface area contributed by atoms with Gasteiger partial charge in [-0.25, -0.2) is 17.9 Å². The van der Waals surface area contributed by atoms with Gasteiger partial charge in [-0.2, -0.15) is 0 Å². The highest BCUT2D eigenvalue weighted by Gasteiger charge is 2.32. The highest BCUT2D eigenvalue weighted by molar-refractivity contribution is 7.88. The van der Waals surface area contributed by atoms with E-state index < -0.39 is 21.7 Å². The molecule has 0 aromatic heterocycles. The fourth-order valence-electron chi connectivity index (χ4n) is 2.70. The minimum atomic E-state index is -3.54. The molecule has 1 amide bonds. The Balaban J connectivity index is 1.95. The number of rotatable bonds is 5. The average Bonchev–Trinajstić information content (AvgIpc) is 2.94. The van der Waals surface area contributed by atoms with Crippen LogP contribution in [0.3, 0.4) is 0 Å². The van der Waals surface area contributed by atoms with Crippen molar-refractivity contribution in [3.63, 3.8) is 0 Å². The predicted molar refractivity (Wildman–Crippen MR) is 98.0 cm³/mol. The molecule has 1 aliphatic rings. The summed E-state index contributed by atoms with van der Waals surface area (Å²) in [5.74, 6) is -0.189. The number of hydrogen-bond acceptors (Lipinski definition) is 4. The Labute approximate surface area is 154 Å². The zero-order chi connectivity index (χ0) is 18.7. The number of carbonyl (C=O) groups is 1. The number of ether oxygens (including phenoxy) is 1. The van der Waals surface area contributed by atoms with Gasteiger partial charge in [0.05, 0.1) is 5.75 Å². The molecule has 1 atom stereocenters. The van der Waals surface area contributed by atoms with E-state index >= 15 is 0 Å². The quantitative estimate of drug-likeness (QED) is 0.840. The summed E-state index contributed by atoms with van der Waals surface area (Å²) in [4.78, 5) is 13.8. The van der Waals surface area contributed by atoms with E-state index in [9.17, 15) is 13.2 Å².